The molecule has 12 N–H and O–H groups in total. The molecule has 11 aliphatic rings. The average Bonchev–Trinajstić information content (AvgIpc) is 0.927. The highest BCUT2D eigenvalue weighted by Gasteiger charge is 2.71. The van der Waals surface area contributed by atoms with Crippen molar-refractivity contribution >= 4 is 59.7 Å². The number of esters is 5. The molecule has 690 valence electrons. The molecule has 9 unspecified atom stereocenters. The van der Waals surface area contributed by atoms with Crippen molar-refractivity contribution in [2.24, 2.45) is 41.4 Å². The van der Waals surface area contributed by atoms with Gasteiger partial charge >= 0.3 is 42.2 Å². The number of fused-ring (bicyclic) bond motifs is 5. The van der Waals surface area contributed by atoms with E-state index >= 15 is 0 Å². The summed E-state index contributed by atoms with van der Waals surface area (Å²) in [5.41, 5.74) is -2.65. The van der Waals surface area contributed by atoms with E-state index in [4.69, 9.17) is 60.2 Å². The van der Waals surface area contributed by atoms with Crippen LogP contribution < -0.4 is 0 Å². The first-order chi connectivity index (χ1) is 58.9. The van der Waals surface area contributed by atoms with E-state index in [0.717, 1.165) is 122 Å². The second kappa shape index (κ2) is 48.2. The average molecular weight is 1770 g/mol. The number of aliphatic hydroxyl groups is 7. The van der Waals surface area contributed by atoms with Gasteiger partial charge in [-0.3, -0.25) is 0 Å². The highest BCUT2D eigenvalue weighted by molar-refractivity contribution is 5.88. The molecule has 0 aromatic heterocycles. The summed E-state index contributed by atoms with van der Waals surface area (Å²) in [5.74, 6) is 3.48. The van der Waals surface area contributed by atoms with Crippen LogP contribution in [-0.2, 0) is 53.3 Å². The minimum atomic E-state index is -5.86. The lowest BCUT2D eigenvalue weighted by Crippen LogP contribution is -2.66. The first-order valence-corrected chi connectivity index (χ1v) is 41.0. The van der Waals surface area contributed by atoms with Gasteiger partial charge in [0.25, 0.3) is 5.60 Å². The summed E-state index contributed by atoms with van der Waals surface area (Å²) in [4.78, 5) is 55.6. The van der Waals surface area contributed by atoms with Gasteiger partial charge in [-0.15, -0.1) is 0 Å². The van der Waals surface area contributed by atoms with Gasteiger partial charge in [0.1, 0.15) is 47.8 Å². The fourth-order valence-electron chi connectivity index (χ4n) is 18.1. The molecule has 28 heteroatoms. The second-order valence-electron chi connectivity index (χ2n) is 33.4. The van der Waals surface area contributed by atoms with Crippen LogP contribution in [0.5, 0.6) is 28.7 Å². The molecule has 16 rings (SSSR count). The molecular weight excluding hydrogens is 1640 g/mol. The molecular formula is C98H124F6O22. The van der Waals surface area contributed by atoms with Crippen LogP contribution in [0, 0.1) is 41.4 Å². The van der Waals surface area contributed by atoms with Gasteiger partial charge in [-0.05, 0) is 229 Å². The zero-order valence-electron chi connectivity index (χ0n) is 72.6. The molecule has 0 heterocycles. The van der Waals surface area contributed by atoms with Crippen LogP contribution in [-0.4, -0.2) is 171 Å². The Morgan fingerprint density at radius 1 is 0.452 bits per heavy atom. The van der Waals surface area contributed by atoms with Crippen molar-refractivity contribution < 1.29 is 135 Å². The lowest BCUT2D eigenvalue weighted by atomic mass is 9.50. The van der Waals surface area contributed by atoms with Gasteiger partial charge < -0.3 is 85.0 Å². The van der Waals surface area contributed by atoms with Gasteiger partial charge in [-0.2, -0.15) is 26.3 Å². The normalized spacial score (nSPS) is 24.8. The number of alkyl halides is 6. The van der Waals surface area contributed by atoms with Crippen molar-refractivity contribution in [2.75, 3.05) is 33.5 Å². The Bertz CT molecular complexity index is 4500. The molecule has 5 aromatic rings. The largest absolute Gasteiger partial charge is 0.508 e. The summed E-state index contributed by atoms with van der Waals surface area (Å²) >= 11 is 0. The standard InChI is InChI=1S/C14H20O4.C14H20O3.C14H20O2.C11H8F6O.C9H10O.C8H8O2.2C8H8O.C6H10O3.C5H8O3.CH4O/c1-9(2)11(15)18-14-5-10-3-12(16,7-14)6-13(17,4-10)8-14;1-9(2)12(15)17-14-6-10-3-11(7-14)5-13(16,4-10)8-14;1-8(2)14(15)16-13-7-9-6-12(13)11-5-3-4-10(9)11;1-2-7-3-5-8(6-4-7)9(18,10(12,13)14)11(15,16)17;1-7(2)8-3-5-9(10)6-4-8;1-2-6-3-4-7(9)8(10)5-6;1-2-7-3-5-8(9)6-4-7;1-2-7-4-3-5-8(9)6-7;1-5(2)6(8)9-4-3-7;1-2-5(7)8-4-3-6;1-2/h10,16-17H,1,3-8H2,2H3;10-11,16H,1,3-8H2,2H3;9-13H,1,3-7H2,2H3;2-6,18H,1H2;3-6,10H,1H2,2H3;2-5,9-10H,1H2;2*2-6,9H,1H2;7H,1,3-4H2,2H3;2,6H,1,3-4H2;2H,1H3. The number of phenolic OH excluding ortho intramolecular Hbond substituents is 5. The minimum absolute atomic E-state index is 0.0465. The van der Waals surface area contributed by atoms with E-state index in [2.05, 4.69) is 75.3 Å². The van der Waals surface area contributed by atoms with Crippen LogP contribution in [0.3, 0.4) is 0 Å². The summed E-state index contributed by atoms with van der Waals surface area (Å²) in [7, 11) is 1.00. The number of ether oxygens (including phenoxy) is 5. The quantitative estimate of drug-likeness (QED) is 0.0127. The SMILES string of the molecule is C=C(C)C(=O)OC12CC3CC(CC(O)(C3)C1)C2.C=C(C)C(=O)OC12CC3CC(O)(CC(O)(C3)C1)C2.C=C(C)C(=O)OC1CC2CC1C1CCCC21.C=C(C)C(=O)OCCO.C=C(C)c1ccc(O)cc1.C=CC(=O)OCCO.C=Cc1ccc(C(O)(C(F)(F)F)C(F)(F)F)cc1.C=Cc1ccc(O)c(O)c1.C=Cc1ccc(O)cc1.C=Cc1cccc(O)c1.CO. The number of aromatic hydroxyl groups is 5. The molecule has 0 aliphatic heterocycles. The number of rotatable bonds is 18. The number of hydrogen-bond donors (Lipinski definition) is 12. The molecule has 11 fully saturated rings. The lowest BCUT2D eigenvalue weighted by Gasteiger charge is -2.62. The monoisotopic (exact) mass is 1770 g/mol. The van der Waals surface area contributed by atoms with Crippen molar-refractivity contribution in [3.05, 3.63) is 243 Å². The molecule has 11 aliphatic carbocycles. The van der Waals surface area contributed by atoms with Crippen LogP contribution in [0.4, 0.5) is 26.3 Å². The van der Waals surface area contributed by atoms with E-state index in [-0.39, 0.29) is 67.6 Å². The van der Waals surface area contributed by atoms with Crippen LogP contribution in [0.2, 0.25) is 0 Å². The number of hydrogen-bond acceptors (Lipinski definition) is 22. The Balaban J connectivity index is 0.000000297. The maximum atomic E-state index is 12.5. The topological polar surface area (TPSA) is 374 Å². The molecule has 0 radical (unpaired) electrons. The second-order valence-corrected chi connectivity index (χ2v) is 33.4. The van der Waals surface area contributed by atoms with Crippen molar-refractivity contribution in [3.63, 3.8) is 0 Å². The Morgan fingerprint density at radius 2 is 0.881 bits per heavy atom. The molecule has 0 saturated heterocycles. The van der Waals surface area contributed by atoms with Crippen LogP contribution in [0.1, 0.15) is 177 Å². The van der Waals surface area contributed by atoms with Crippen molar-refractivity contribution in [1.29, 1.82) is 0 Å². The summed E-state index contributed by atoms with van der Waals surface area (Å²) in [6.07, 6.45) is 11.5. The van der Waals surface area contributed by atoms with Crippen molar-refractivity contribution in [1.82, 2.24) is 0 Å². The number of aliphatic hydroxyl groups excluding tert-OH is 3. The van der Waals surface area contributed by atoms with Crippen LogP contribution >= 0.6 is 0 Å². The number of halogens is 6. The molecule has 0 spiro atoms. The Kier molecular flexibility index (Phi) is 41.1. The van der Waals surface area contributed by atoms with Crippen molar-refractivity contribution in [2.45, 2.75) is 196 Å². The number of carbonyl (C=O) groups is 5. The van der Waals surface area contributed by atoms with Gasteiger partial charge in [0.15, 0.2) is 11.5 Å². The molecule has 126 heavy (non-hydrogen) atoms. The van der Waals surface area contributed by atoms with E-state index in [1.807, 2.05) is 37.3 Å². The Hall–Kier alpha value is -10.9. The molecule has 5 aromatic carbocycles. The maximum absolute atomic E-state index is 12.5. The van der Waals surface area contributed by atoms with E-state index in [1.165, 1.54) is 50.3 Å². The number of phenols is 5. The Morgan fingerprint density at radius 3 is 1.30 bits per heavy atom. The highest BCUT2D eigenvalue weighted by Crippen LogP contribution is 2.63. The van der Waals surface area contributed by atoms with Gasteiger partial charge in [0, 0.05) is 66.7 Å². The number of benzene rings is 5. The third-order valence-electron chi connectivity index (χ3n) is 22.6. The molecule has 9 atom stereocenters. The summed E-state index contributed by atoms with van der Waals surface area (Å²) in [6, 6.07) is 28.5. The Labute approximate surface area is 733 Å². The smallest absolute Gasteiger partial charge is 0.430 e. The zero-order chi connectivity index (χ0) is 95.1. The first-order valence-electron chi connectivity index (χ1n) is 41.0. The van der Waals surface area contributed by atoms with E-state index in [9.17, 15) is 65.6 Å². The zero-order valence-corrected chi connectivity index (χ0v) is 72.6. The fraction of sp³-hybridized carbons (Fsp3) is 0.439. The fourth-order valence-corrected chi connectivity index (χ4v) is 18.1. The van der Waals surface area contributed by atoms with E-state index < -0.39 is 69.4 Å². The molecule has 22 nitrogen and oxygen atoms in total. The summed E-state index contributed by atoms with van der Waals surface area (Å²) in [6.45, 7) is 43.5. The van der Waals surface area contributed by atoms with Gasteiger partial charge in [-0.1, -0.05) is 169 Å². The van der Waals surface area contributed by atoms with Gasteiger partial charge in [-0.25, -0.2) is 24.0 Å². The van der Waals surface area contributed by atoms with Crippen LogP contribution in [0.25, 0.3) is 29.9 Å². The predicted molar refractivity (Wildman–Crippen MR) is 471 cm³/mol. The molecule has 0 amide bonds. The maximum Gasteiger partial charge on any atom is 0.430 e. The molecule has 10 bridgehead atoms. The summed E-state index contributed by atoms with van der Waals surface area (Å²) < 4.78 is 101. The first kappa shape index (κ1) is 107. The molecule has 11 saturated carbocycles. The van der Waals surface area contributed by atoms with Gasteiger partial charge in [0.05, 0.1) is 30.0 Å². The third-order valence-corrected chi connectivity index (χ3v) is 22.6. The van der Waals surface area contributed by atoms with E-state index in [0.29, 0.717) is 94.9 Å². The predicted octanol–water partition coefficient (Wildman–Crippen LogP) is 17.7. The number of carbonyl (C=O) groups excluding carboxylic acids is 5. The summed E-state index contributed by atoms with van der Waals surface area (Å²) in [5, 5.41) is 108. The highest BCUT2D eigenvalue weighted by atomic mass is 19.4. The lowest BCUT2D eigenvalue weighted by molar-refractivity contribution is -0.376. The van der Waals surface area contributed by atoms with Crippen molar-refractivity contribution in [3.8, 4) is 28.7 Å². The van der Waals surface area contributed by atoms with Crippen LogP contribution in [0.15, 0.2) is 209 Å². The minimum Gasteiger partial charge on any atom is -0.508 e. The number of allylic oxidation sites excluding steroid dienone is 1. The van der Waals surface area contributed by atoms with Gasteiger partial charge in [0.2, 0.25) is 0 Å². The third kappa shape index (κ3) is 31.9. The van der Waals surface area contributed by atoms with E-state index in [1.54, 1.807) is 94.5 Å².